The Morgan fingerprint density at radius 1 is 1.44 bits per heavy atom. The summed E-state index contributed by atoms with van der Waals surface area (Å²) in [5.41, 5.74) is 2.96. The molecular weight excluding hydrogens is 207 g/mol. The van der Waals surface area contributed by atoms with E-state index < -0.39 is 0 Å². The molecule has 0 heterocycles. The highest BCUT2D eigenvalue weighted by Gasteiger charge is 2.13. The average Bonchev–Trinajstić information content (AvgIpc) is 2.31. The molecule has 1 aromatic carbocycles. The third kappa shape index (κ3) is 2.70. The molecule has 5 heteroatoms. The van der Waals surface area contributed by atoms with Gasteiger partial charge in [-0.2, -0.15) is 0 Å². The minimum atomic E-state index is -0.289. The number of nitrogens with two attached hydrogens (primary N) is 1. The Labute approximate surface area is 94.9 Å². The maximum absolute atomic E-state index is 13.6. The van der Waals surface area contributed by atoms with Crippen molar-refractivity contribution in [2.24, 2.45) is 10.8 Å². The Kier molecular flexibility index (Phi) is 4.72. The van der Waals surface area contributed by atoms with Gasteiger partial charge in [0, 0.05) is 13.1 Å². The molecule has 0 atom stereocenters. The number of benzene rings is 1. The van der Waals surface area contributed by atoms with Crippen LogP contribution in [0.15, 0.2) is 29.3 Å². The molecular formula is C11H17FN4. The van der Waals surface area contributed by atoms with Gasteiger partial charge in [0.05, 0.1) is 5.69 Å². The van der Waals surface area contributed by atoms with Crippen molar-refractivity contribution in [1.29, 1.82) is 0 Å². The van der Waals surface area contributed by atoms with Crippen molar-refractivity contribution in [3.05, 3.63) is 30.1 Å². The van der Waals surface area contributed by atoms with E-state index in [2.05, 4.69) is 10.4 Å². The fourth-order valence-corrected chi connectivity index (χ4v) is 1.46. The van der Waals surface area contributed by atoms with Crippen LogP contribution in [0.1, 0.15) is 13.8 Å². The lowest BCUT2D eigenvalue weighted by molar-refractivity contribution is 0.625. The van der Waals surface area contributed by atoms with E-state index in [1.807, 2.05) is 13.8 Å². The number of para-hydroxylation sites is 1. The lowest BCUT2D eigenvalue weighted by Gasteiger charge is -2.24. The summed E-state index contributed by atoms with van der Waals surface area (Å²) in [5, 5.41) is 0. The van der Waals surface area contributed by atoms with Crippen LogP contribution >= 0.6 is 0 Å². The molecule has 0 aliphatic carbocycles. The average molecular weight is 224 g/mol. The molecule has 0 saturated heterocycles. The molecule has 3 N–H and O–H groups in total. The lowest BCUT2D eigenvalue weighted by Crippen LogP contribution is -2.45. The first kappa shape index (κ1) is 12.4. The summed E-state index contributed by atoms with van der Waals surface area (Å²) in [6.45, 7) is 4.98. The van der Waals surface area contributed by atoms with Crippen molar-refractivity contribution >= 4 is 11.6 Å². The van der Waals surface area contributed by atoms with Crippen molar-refractivity contribution in [3.63, 3.8) is 0 Å². The lowest BCUT2D eigenvalue weighted by atomic mass is 10.3. The number of hydrogen-bond donors (Lipinski definition) is 2. The molecule has 0 amide bonds. The largest absolute Gasteiger partial charge is 0.309 e. The minimum absolute atomic E-state index is 0.289. The maximum atomic E-state index is 13.6. The quantitative estimate of drug-likeness (QED) is 0.354. The zero-order valence-corrected chi connectivity index (χ0v) is 9.57. The molecule has 4 nitrogen and oxygen atoms in total. The summed E-state index contributed by atoms with van der Waals surface area (Å²) in [4.78, 5) is 5.86. The van der Waals surface area contributed by atoms with E-state index in [0.717, 1.165) is 0 Å². The van der Waals surface area contributed by atoms with Gasteiger partial charge < -0.3 is 4.90 Å². The van der Waals surface area contributed by atoms with E-state index >= 15 is 0 Å². The zero-order chi connectivity index (χ0) is 12.0. The minimum Gasteiger partial charge on any atom is -0.309 e. The third-order valence-electron chi connectivity index (χ3n) is 2.15. The van der Waals surface area contributed by atoms with Crippen molar-refractivity contribution in [1.82, 2.24) is 5.43 Å². The normalized spacial score (nSPS) is 11.4. The highest BCUT2D eigenvalue weighted by molar-refractivity contribution is 5.95. The molecule has 0 spiro atoms. The van der Waals surface area contributed by atoms with Crippen molar-refractivity contribution < 1.29 is 4.39 Å². The van der Waals surface area contributed by atoms with E-state index in [1.165, 1.54) is 6.07 Å². The molecule has 88 valence electrons. The Hall–Kier alpha value is -1.62. The van der Waals surface area contributed by atoms with Gasteiger partial charge in [-0.1, -0.05) is 12.1 Å². The van der Waals surface area contributed by atoms with Gasteiger partial charge in [-0.25, -0.2) is 10.2 Å². The van der Waals surface area contributed by atoms with E-state index in [-0.39, 0.29) is 5.82 Å². The number of halogens is 1. The number of hydrazine groups is 1. The molecule has 0 aromatic heterocycles. The van der Waals surface area contributed by atoms with Crippen LogP contribution in [0.2, 0.25) is 0 Å². The summed E-state index contributed by atoms with van der Waals surface area (Å²) < 4.78 is 13.6. The molecule has 16 heavy (non-hydrogen) atoms. The zero-order valence-electron chi connectivity index (χ0n) is 9.57. The summed E-state index contributed by atoms with van der Waals surface area (Å²) in [6, 6.07) is 6.54. The van der Waals surface area contributed by atoms with E-state index in [9.17, 15) is 4.39 Å². The summed E-state index contributed by atoms with van der Waals surface area (Å²) in [5.74, 6) is 5.56. The van der Waals surface area contributed by atoms with Crippen molar-refractivity contribution in [2.75, 3.05) is 18.0 Å². The molecule has 1 aromatic rings. The number of nitrogens with one attached hydrogen (secondary N) is 1. The van der Waals surface area contributed by atoms with Crippen LogP contribution in [0.4, 0.5) is 10.1 Å². The van der Waals surface area contributed by atoms with Crippen LogP contribution in [-0.2, 0) is 0 Å². The molecule has 0 aliphatic heterocycles. The molecule has 0 aliphatic rings. The monoisotopic (exact) mass is 224 g/mol. The second-order valence-electron chi connectivity index (χ2n) is 3.14. The molecule has 0 bridgehead atoms. The Balaban J connectivity index is 3.07. The number of aliphatic imine (C=N–C) groups is 1. The number of guanidine groups is 1. The molecule has 0 radical (unpaired) electrons. The first-order valence-electron chi connectivity index (χ1n) is 5.27. The number of hydrogen-bond acceptors (Lipinski definition) is 2. The van der Waals surface area contributed by atoms with Crippen molar-refractivity contribution in [2.45, 2.75) is 13.8 Å². The van der Waals surface area contributed by atoms with Crippen LogP contribution < -0.4 is 16.2 Å². The SMILES string of the molecule is CCN=C(NN)N(CC)c1ccccc1F. The second-order valence-corrected chi connectivity index (χ2v) is 3.14. The van der Waals surface area contributed by atoms with Crippen molar-refractivity contribution in [3.8, 4) is 0 Å². The molecule has 0 saturated carbocycles. The Bertz CT molecular complexity index is 365. The maximum Gasteiger partial charge on any atom is 0.213 e. The van der Waals surface area contributed by atoms with Crippen LogP contribution in [0.5, 0.6) is 0 Å². The van der Waals surface area contributed by atoms with Crippen LogP contribution in [0, 0.1) is 5.82 Å². The van der Waals surface area contributed by atoms with Gasteiger partial charge in [-0.15, -0.1) is 0 Å². The topological polar surface area (TPSA) is 53.6 Å². The number of nitrogens with zero attached hydrogens (tertiary/aromatic N) is 2. The second kappa shape index (κ2) is 6.07. The van der Waals surface area contributed by atoms with Crippen LogP contribution in [0.25, 0.3) is 0 Å². The Morgan fingerprint density at radius 3 is 2.62 bits per heavy atom. The summed E-state index contributed by atoms with van der Waals surface area (Å²) in [7, 11) is 0. The molecule has 0 unspecified atom stereocenters. The highest BCUT2D eigenvalue weighted by Crippen LogP contribution is 2.18. The van der Waals surface area contributed by atoms with Gasteiger partial charge in [0.25, 0.3) is 0 Å². The summed E-state index contributed by atoms with van der Waals surface area (Å²) >= 11 is 0. The first-order chi connectivity index (χ1) is 7.74. The van der Waals surface area contributed by atoms with Gasteiger partial charge in [0.1, 0.15) is 5.82 Å². The highest BCUT2D eigenvalue weighted by atomic mass is 19.1. The van der Waals surface area contributed by atoms with Gasteiger partial charge in [-0.3, -0.25) is 10.4 Å². The third-order valence-corrected chi connectivity index (χ3v) is 2.15. The number of rotatable bonds is 3. The fourth-order valence-electron chi connectivity index (χ4n) is 1.46. The van der Waals surface area contributed by atoms with Gasteiger partial charge in [0.15, 0.2) is 0 Å². The standard InChI is InChI=1S/C11H17FN4/c1-3-14-11(15-13)16(4-2)10-8-6-5-7-9(10)12/h5-8H,3-4,13H2,1-2H3,(H,14,15). The van der Waals surface area contributed by atoms with Crippen LogP contribution in [0.3, 0.4) is 0 Å². The smallest absolute Gasteiger partial charge is 0.213 e. The molecule has 0 fully saturated rings. The van der Waals surface area contributed by atoms with Gasteiger partial charge in [0.2, 0.25) is 5.96 Å². The van der Waals surface area contributed by atoms with E-state index in [0.29, 0.717) is 24.7 Å². The predicted octanol–water partition coefficient (Wildman–Crippen LogP) is 1.49. The van der Waals surface area contributed by atoms with E-state index in [4.69, 9.17) is 5.84 Å². The van der Waals surface area contributed by atoms with Crippen LogP contribution in [-0.4, -0.2) is 19.0 Å². The summed E-state index contributed by atoms with van der Waals surface area (Å²) in [6.07, 6.45) is 0. The van der Waals surface area contributed by atoms with E-state index in [1.54, 1.807) is 23.1 Å². The number of anilines is 1. The molecule has 1 rings (SSSR count). The predicted molar refractivity (Wildman–Crippen MR) is 64.7 cm³/mol. The first-order valence-corrected chi connectivity index (χ1v) is 5.27. The van der Waals surface area contributed by atoms with Gasteiger partial charge in [-0.05, 0) is 26.0 Å². The van der Waals surface area contributed by atoms with Gasteiger partial charge >= 0.3 is 0 Å². The Morgan fingerprint density at radius 2 is 2.12 bits per heavy atom. The fraction of sp³-hybridized carbons (Fsp3) is 0.364.